The molecule has 0 saturated heterocycles. The van der Waals surface area contributed by atoms with Crippen LogP contribution in [0.1, 0.15) is 0 Å². The average molecular weight is 368 g/mol. The highest BCUT2D eigenvalue weighted by molar-refractivity contribution is 7.97. The molecule has 1 atom stereocenters. The first-order valence-corrected chi connectivity index (χ1v) is 8.58. The molecule has 0 aromatic heterocycles. The van der Waals surface area contributed by atoms with Crippen molar-refractivity contribution in [3.63, 3.8) is 0 Å². The lowest BCUT2D eigenvalue weighted by atomic mass is 10.3. The van der Waals surface area contributed by atoms with Crippen molar-refractivity contribution in [3.05, 3.63) is 80.6 Å². The van der Waals surface area contributed by atoms with Crippen LogP contribution in [0.25, 0.3) is 0 Å². The maximum absolute atomic E-state index is 13.1. The molecular formula is C15H14ClN3O4S. The van der Waals surface area contributed by atoms with Crippen LogP contribution in [0, 0.1) is 10.1 Å². The van der Waals surface area contributed by atoms with Gasteiger partial charge in [-0.3, -0.25) is 10.1 Å². The minimum Gasteiger partial charge on any atom is -0.489 e. The predicted octanol–water partition coefficient (Wildman–Crippen LogP) is 3.87. The van der Waals surface area contributed by atoms with Gasteiger partial charge in [0.05, 0.1) is 9.82 Å². The van der Waals surface area contributed by atoms with E-state index in [1.54, 1.807) is 30.3 Å². The SMILES string of the molecule is CN=S(=O)(C(=C(O)Nc1ccc(Cl)cc1)[N+](=O)[O-])c1ccccc1. The summed E-state index contributed by atoms with van der Waals surface area (Å²) in [5.74, 6) is -0.846. The van der Waals surface area contributed by atoms with Gasteiger partial charge in [0.2, 0.25) is 0 Å². The summed E-state index contributed by atoms with van der Waals surface area (Å²) in [7, 11) is -2.40. The third-order valence-corrected chi connectivity index (χ3v) is 5.60. The van der Waals surface area contributed by atoms with E-state index in [1.165, 1.54) is 31.3 Å². The van der Waals surface area contributed by atoms with Crippen molar-refractivity contribution in [3.8, 4) is 0 Å². The zero-order valence-electron chi connectivity index (χ0n) is 12.5. The van der Waals surface area contributed by atoms with E-state index in [2.05, 4.69) is 9.68 Å². The van der Waals surface area contributed by atoms with E-state index >= 15 is 0 Å². The van der Waals surface area contributed by atoms with Crippen LogP contribution >= 0.6 is 11.6 Å². The lowest BCUT2D eigenvalue weighted by Gasteiger charge is -2.10. The topological polar surface area (TPSA) is 105 Å². The number of hydrogen-bond donors (Lipinski definition) is 2. The molecule has 0 radical (unpaired) electrons. The molecule has 0 heterocycles. The van der Waals surface area contributed by atoms with Crippen LogP contribution in [0.15, 0.2) is 74.8 Å². The molecule has 0 bridgehead atoms. The molecule has 2 N–H and O–H groups in total. The number of anilines is 1. The van der Waals surface area contributed by atoms with E-state index in [4.69, 9.17) is 11.6 Å². The predicted molar refractivity (Wildman–Crippen MR) is 92.9 cm³/mol. The minimum atomic E-state index is -3.61. The molecule has 0 fully saturated rings. The van der Waals surface area contributed by atoms with Crippen molar-refractivity contribution in [2.75, 3.05) is 12.4 Å². The van der Waals surface area contributed by atoms with Crippen LogP contribution in [0.5, 0.6) is 0 Å². The fraction of sp³-hybridized carbons (Fsp3) is 0.0667. The molecule has 126 valence electrons. The van der Waals surface area contributed by atoms with Gasteiger partial charge in [-0.1, -0.05) is 29.8 Å². The second kappa shape index (κ2) is 7.33. The Hall–Kier alpha value is -2.58. The lowest BCUT2D eigenvalue weighted by Crippen LogP contribution is -2.18. The van der Waals surface area contributed by atoms with Gasteiger partial charge >= 0.3 is 5.03 Å². The molecule has 7 nitrogen and oxygen atoms in total. The Labute approximate surface area is 143 Å². The van der Waals surface area contributed by atoms with Gasteiger partial charge in [0.25, 0.3) is 5.88 Å². The summed E-state index contributed by atoms with van der Waals surface area (Å²) in [6, 6.07) is 13.9. The summed E-state index contributed by atoms with van der Waals surface area (Å²) in [6.07, 6.45) is 0. The molecular weight excluding hydrogens is 354 g/mol. The number of benzene rings is 2. The Balaban J connectivity index is 2.57. The van der Waals surface area contributed by atoms with Gasteiger partial charge in [0.15, 0.2) is 9.73 Å². The monoisotopic (exact) mass is 367 g/mol. The lowest BCUT2D eigenvalue weighted by molar-refractivity contribution is -0.414. The fourth-order valence-corrected chi connectivity index (χ4v) is 3.72. The first-order valence-electron chi connectivity index (χ1n) is 6.69. The van der Waals surface area contributed by atoms with Crippen molar-refractivity contribution in [1.82, 2.24) is 0 Å². The van der Waals surface area contributed by atoms with Gasteiger partial charge in [-0.2, -0.15) is 0 Å². The molecule has 24 heavy (non-hydrogen) atoms. The Morgan fingerprint density at radius 2 is 1.79 bits per heavy atom. The van der Waals surface area contributed by atoms with Crippen LogP contribution < -0.4 is 5.32 Å². The molecule has 1 unspecified atom stereocenters. The van der Waals surface area contributed by atoms with Gasteiger partial charge in [-0.15, -0.1) is 0 Å². The van der Waals surface area contributed by atoms with Crippen LogP contribution in [0.4, 0.5) is 5.69 Å². The van der Waals surface area contributed by atoms with Gasteiger partial charge in [-0.05, 0) is 36.4 Å². The number of nitro groups is 1. The zero-order chi connectivity index (χ0) is 17.7. The molecule has 0 aliphatic rings. The minimum absolute atomic E-state index is 0.128. The van der Waals surface area contributed by atoms with E-state index < -0.39 is 25.6 Å². The number of aliphatic hydroxyl groups is 1. The molecule has 0 aliphatic heterocycles. The van der Waals surface area contributed by atoms with Crippen molar-refractivity contribution in [1.29, 1.82) is 0 Å². The van der Waals surface area contributed by atoms with E-state index in [0.717, 1.165) is 0 Å². The number of halogens is 1. The molecule has 0 aliphatic carbocycles. The van der Waals surface area contributed by atoms with E-state index in [1.807, 2.05) is 0 Å². The summed E-state index contributed by atoms with van der Waals surface area (Å²) in [5, 5.41) is 23.6. The standard InChI is InChI=1S/C15H14ClN3O4S/c1-17-24(23,13-5-3-2-4-6-13)15(19(21)22)14(20)18-12-9-7-11(16)8-10-12/h2-10,18,20H,1H3. The van der Waals surface area contributed by atoms with Crippen LogP contribution in [-0.2, 0) is 9.73 Å². The second-order valence-corrected chi connectivity index (χ2v) is 7.28. The Morgan fingerprint density at radius 3 is 2.29 bits per heavy atom. The van der Waals surface area contributed by atoms with Gasteiger partial charge < -0.3 is 10.4 Å². The van der Waals surface area contributed by atoms with Crippen LogP contribution in [-0.4, -0.2) is 21.3 Å². The first kappa shape index (κ1) is 17.8. The van der Waals surface area contributed by atoms with Crippen molar-refractivity contribution in [2.45, 2.75) is 4.90 Å². The number of rotatable bonds is 5. The molecule has 0 amide bonds. The number of hydrogen-bond acceptors (Lipinski definition) is 6. The average Bonchev–Trinajstić information content (AvgIpc) is 2.57. The first-order chi connectivity index (χ1) is 11.4. The fourth-order valence-electron chi connectivity index (χ4n) is 1.95. The molecule has 0 saturated carbocycles. The van der Waals surface area contributed by atoms with Gasteiger partial charge in [0.1, 0.15) is 0 Å². The third kappa shape index (κ3) is 3.66. The van der Waals surface area contributed by atoms with Gasteiger partial charge in [-0.25, -0.2) is 8.57 Å². The molecule has 2 aromatic carbocycles. The summed E-state index contributed by atoms with van der Waals surface area (Å²) < 4.78 is 16.8. The Bertz CT molecular complexity index is 889. The van der Waals surface area contributed by atoms with Crippen molar-refractivity contribution >= 4 is 27.0 Å². The maximum Gasteiger partial charge on any atom is 0.404 e. The summed E-state index contributed by atoms with van der Waals surface area (Å²) >= 11 is 5.76. The highest BCUT2D eigenvalue weighted by Gasteiger charge is 2.34. The van der Waals surface area contributed by atoms with Crippen molar-refractivity contribution in [2.24, 2.45) is 4.36 Å². The molecule has 0 spiro atoms. The smallest absolute Gasteiger partial charge is 0.404 e. The van der Waals surface area contributed by atoms with Gasteiger partial charge in [0, 0.05) is 17.8 Å². The highest BCUT2D eigenvalue weighted by Crippen LogP contribution is 2.25. The van der Waals surface area contributed by atoms with E-state index in [-0.39, 0.29) is 4.90 Å². The Kier molecular flexibility index (Phi) is 5.42. The quantitative estimate of drug-likeness (QED) is 0.474. The maximum atomic E-state index is 13.1. The summed E-state index contributed by atoms with van der Waals surface area (Å²) in [6.45, 7) is 0. The highest BCUT2D eigenvalue weighted by atomic mass is 35.5. The second-order valence-electron chi connectivity index (χ2n) is 4.56. The summed E-state index contributed by atoms with van der Waals surface area (Å²) in [5.41, 5.74) is 0.349. The number of nitrogens with zero attached hydrogens (tertiary/aromatic N) is 2. The van der Waals surface area contributed by atoms with Crippen LogP contribution in [0.3, 0.4) is 0 Å². The zero-order valence-corrected chi connectivity index (χ0v) is 14.1. The van der Waals surface area contributed by atoms with Crippen LogP contribution in [0.2, 0.25) is 5.02 Å². The molecule has 9 heteroatoms. The largest absolute Gasteiger partial charge is 0.489 e. The number of nitrogens with one attached hydrogen (secondary N) is 1. The number of aliphatic hydroxyl groups excluding tert-OH is 1. The van der Waals surface area contributed by atoms with E-state index in [0.29, 0.717) is 10.7 Å². The molecule has 2 aromatic rings. The molecule has 2 rings (SSSR count). The van der Waals surface area contributed by atoms with E-state index in [9.17, 15) is 19.4 Å². The Morgan fingerprint density at radius 1 is 1.21 bits per heavy atom. The van der Waals surface area contributed by atoms with Crippen molar-refractivity contribution < 1.29 is 14.2 Å². The summed E-state index contributed by atoms with van der Waals surface area (Å²) in [4.78, 5) is 10.7. The third-order valence-electron chi connectivity index (χ3n) is 3.06. The normalized spacial score (nSPS) is 14.2.